The Balaban J connectivity index is 4.09. The summed E-state index contributed by atoms with van der Waals surface area (Å²) in [6.45, 7) is 7.37. The van der Waals surface area contributed by atoms with Crippen molar-refractivity contribution in [1.82, 2.24) is 0 Å². The highest BCUT2D eigenvalue weighted by Gasteiger charge is 2.14. The Bertz CT molecular complexity index is 207. The van der Waals surface area contributed by atoms with Crippen molar-refractivity contribution in [3.63, 3.8) is 0 Å². The van der Waals surface area contributed by atoms with Crippen LogP contribution in [0.2, 0.25) is 6.04 Å². The van der Waals surface area contributed by atoms with Gasteiger partial charge in [-0.3, -0.25) is 0 Å². The fraction of sp³-hybridized carbons (Fsp3) is 0.667. The molecule has 4 heteroatoms. The van der Waals surface area contributed by atoms with Gasteiger partial charge in [0.2, 0.25) is 0 Å². The molecule has 0 aromatic carbocycles. The Morgan fingerprint density at radius 2 is 1.92 bits per heavy atom. The lowest BCUT2D eigenvalue weighted by molar-refractivity contribution is -0.131. The van der Waals surface area contributed by atoms with Crippen LogP contribution in [0.4, 0.5) is 0 Å². The fourth-order valence-corrected chi connectivity index (χ4v) is 1.76. The van der Waals surface area contributed by atoms with Crippen LogP contribution in [0.5, 0.6) is 0 Å². The molecule has 0 heterocycles. The molecule has 0 saturated heterocycles. The first kappa shape index (κ1) is 12.4. The molecule has 0 aliphatic carbocycles. The molecule has 0 aliphatic rings. The minimum absolute atomic E-state index is 0.368. The van der Waals surface area contributed by atoms with Crippen LogP contribution >= 0.6 is 0 Å². The Morgan fingerprint density at radius 1 is 1.38 bits per heavy atom. The number of allylic oxidation sites excluding steroid dienone is 1. The van der Waals surface area contributed by atoms with Crippen LogP contribution in [0.3, 0.4) is 0 Å². The quantitative estimate of drug-likeness (QED) is 0.555. The highest BCUT2D eigenvalue weighted by atomic mass is 28.3. The van der Waals surface area contributed by atoms with Gasteiger partial charge >= 0.3 is 15.3 Å². The maximum Gasteiger partial charge on any atom is 0.383 e. The lowest BCUT2D eigenvalue weighted by Crippen LogP contribution is -2.22. The minimum atomic E-state index is -2.24. The largest absolute Gasteiger partial charge is 0.493 e. The summed E-state index contributed by atoms with van der Waals surface area (Å²) < 4.78 is 4.91. The van der Waals surface area contributed by atoms with Gasteiger partial charge in [0.25, 0.3) is 0 Å². The summed E-state index contributed by atoms with van der Waals surface area (Å²) in [4.78, 5) is 20.6. The predicted molar refractivity (Wildman–Crippen MR) is 54.6 cm³/mol. The van der Waals surface area contributed by atoms with Gasteiger partial charge in [-0.05, 0) is 26.8 Å². The fourth-order valence-electron chi connectivity index (χ4n) is 0.722. The summed E-state index contributed by atoms with van der Waals surface area (Å²) in [5.74, 6) is -0.368. The second-order valence-corrected chi connectivity index (χ2v) is 5.00. The Hall–Kier alpha value is -0.613. The molecule has 0 bridgehead atoms. The number of rotatable bonds is 4. The molecule has 1 N–H and O–H groups in total. The first-order valence-corrected chi connectivity index (χ1v) is 6.32. The molecule has 1 unspecified atom stereocenters. The van der Waals surface area contributed by atoms with Gasteiger partial charge in [0, 0.05) is 5.57 Å². The molecule has 0 aliphatic heterocycles. The van der Waals surface area contributed by atoms with Crippen molar-refractivity contribution < 1.29 is 14.0 Å². The van der Waals surface area contributed by atoms with Crippen LogP contribution in [0.15, 0.2) is 11.1 Å². The van der Waals surface area contributed by atoms with Crippen molar-refractivity contribution in [2.75, 3.05) is 0 Å². The molecule has 76 valence electrons. The van der Waals surface area contributed by atoms with E-state index in [1.807, 2.05) is 20.8 Å². The van der Waals surface area contributed by atoms with E-state index >= 15 is 0 Å². The molecular weight excluding hydrogens is 184 g/mol. The third-order valence-electron chi connectivity index (χ3n) is 1.83. The maximum atomic E-state index is 11.3. The van der Waals surface area contributed by atoms with E-state index in [1.165, 1.54) is 0 Å². The van der Waals surface area contributed by atoms with Crippen molar-refractivity contribution in [3.8, 4) is 0 Å². The van der Waals surface area contributed by atoms with E-state index in [0.717, 1.165) is 12.0 Å². The first-order valence-electron chi connectivity index (χ1n) is 4.52. The molecule has 3 nitrogen and oxygen atoms in total. The van der Waals surface area contributed by atoms with Crippen LogP contribution in [0, 0.1) is 0 Å². The zero-order valence-electron chi connectivity index (χ0n) is 8.76. The van der Waals surface area contributed by atoms with Crippen LogP contribution in [-0.2, 0) is 9.22 Å². The second-order valence-electron chi connectivity index (χ2n) is 3.27. The molecule has 0 saturated carbocycles. The first-order chi connectivity index (χ1) is 5.99. The average Bonchev–Trinajstić information content (AvgIpc) is 2.03. The zero-order chi connectivity index (χ0) is 10.4. The van der Waals surface area contributed by atoms with E-state index in [2.05, 4.69) is 0 Å². The molecule has 0 aromatic rings. The lowest BCUT2D eigenvalue weighted by Gasteiger charge is -2.10. The molecule has 0 aromatic heterocycles. The third kappa shape index (κ3) is 4.85. The SMILES string of the molecule is CCC[SiH](O)OC(=O)C(C)=C(C)C. The molecule has 0 amide bonds. The van der Waals surface area contributed by atoms with Crippen molar-refractivity contribution in [2.24, 2.45) is 0 Å². The topological polar surface area (TPSA) is 46.5 Å². The molecule has 0 fully saturated rings. The highest BCUT2D eigenvalue weighted by molar-refractivity contribution is 6.45. The van der Waals surface area contributed by atoms with Gasteiger partial charge in [0.05, 0.1) is 0 Å². The number of hydrogen-bond acceptors (Lipinski definition) is 3. The van der Waals surface area contributed by atoms with Crippen molar-refractivity contribution in [1.29, 1.82) is 0 Å². The summed E-state index contributed by atoms with van der Waals surface area (Å²) in [5.41, 5.74) is 1.53. The average molecular weight is 202 g/mol. The van der Waals surface area contributed by atoms with Gasteiger partial charge in [-0.15, -0.1) is 0 Å². The van der Waals surface area contributed by atoms with Crippen LogP contribution in [0.25, 0.3) is 0 Å². The molecule has 0 radical (unpaired) electrons. The van der Waals surface area contributed by atoms with E-state index in [1.54, 1.807) is 6.92 Å². The van der Waals surface area contributed by atoms with E-state index in [0.29, 0.717) is 11.6 Å². The van der Waals surface area contributed by atoms with Gasteiger partial charge in [0.15, 0.2) is 0 Å². The van der Waals surface area contributed by atoms with Gasteiger partial charge in [-0.25, -0.2) is 4.79 Å². The van der Waals surface area contributed by atoms with Crippen LogP contribution in [0.1, 0.15) is 34.1 Å². The van der Waals surface area contributed by atoms with E-state index < -0.39 is 9.28 Å². The maximum absolute atomic E-state index is 11.3. The monoisotopic (exact) mass is 202 g/mol. The van der Waals surface area contributed by atoms with Gasteiger partial charge in [0.1, 0.15) is 0 Å². The molecular formula is C9H18O3Si. The number of carbonyl (C=O) groups is 1. The molecule has 0 rings (SSSR count). The Labute approximate surface area is 81.3 Å². The molecule has 13 heavy (non-hydrogen) atoms. The van der Waals surface area contributed by atoms with Crippen molar-refractivity contribution in [3.05, 3.63) is 11.1 Å². The number of carbonyl (C=O) groups excluding carboxylic acids is 1. The molecule has 1 atom stereocenters. The summed E-state index contributed by atoms with van der Waals surface area (Å²) in [6.07, 6.45) is 0.856. The van der Waals surface area contributed by atoms with Gasteiger partial charge in [-0.2, -0.15) is 0 Å². The van der Waals surface area contributed by atoms with Crippen LogP contribution in [-0.4, -0.2) is 20.0 Å². The van der Waals surface area contributed by atoms with E-state index in [9.17, 15) is 9.59 Å². The van der Waals surface area contributed by atoms with Crippen molar-refractivity contribution in [2.45, 2.75) is 40.2 Å². The van der Waals surface area contributed by atoms with Crippen LogP contribution < -0.4 is 0 Å². The summed E-state index contributed by atoms with van der Waals surface area (Å²) in [7, 11) is -2.24. The van der Waals surface area contributed by atoms with Gasteiger partial charge in [-0.1, -0.05) is 18.9 Å². The summed E-state index contributed by atoms with van der Waals surface area (Å²) in [5, 5.41) is 0. The Kier molecular flexibility index (Phi) is 5.66. The third-order valence-corrected chi connectivity index (χ3v) is 3.39. The summed E-state index contributed by atoms with van der Waals surface area (Å²) in [6, 6.07) is 0.627. The normalized spacial score (nSPS) is 12.1. The van der Waals surface area contributed by atoms with Gasteiger partial charge < -0.3 is 9.22 Å². The predicted octanol–water partition coefficient (Wildman–Crippen LogP) is 1.51. The lowest BCUT2D eigenvalue weighted by atomic mass is 10.2. The van der Waals surface area contributed by atoms with E-state index in [-0.39, 0.29) is 5.97 Å². The van der Waals surface area contributed by atoms with Crippen molar-refractivity contribution >= 4 is 15.3 Å². The van der Waals surface area contributed by atoms with E-state index in [4.69, 9.17) is 4.43 Å². The highest BCUT2D eigenvalue weighted by Crippen LogP contribution is 2.06. The Morgan fingerprint density at radius 3 is 2.31 bits per heavy atom. The zero-order valence-corrected chi connectivity index (χ0v) is 9.91. The standard InChI is InChI=1S/C9H18O3Si/c1-5-6-13(11)12-9(10)8(4)7(2)3/h11,13H,5-6H2,1-4H3. The molecule has 0 spiro atoms. The summed E-state index contributed by atoms with van der Waals surface area (Å²) >= 11 is 0. The minimum Gasteiger partial charge on any atom is -0.493 e. The second kappa shape index (κ2) is 5.94. The smallest absolute Gasteiger partial charge is 0.383 e. The number of hydrogen-bond donors (Lipinski definition) is 1.